The number of aromatic nitrogens is 2. The van der Waals surface area contributed by atoms with Crippen LogP contribution in [-0.4, -0.2) is 28.4 Å². The maximum absolute atomic E-state index is 12.7. The van der Waals surface area contributed by atoms with E-state index in [2.05, 4.69) is 10.4 Å². The highest BCUT2D eigenvalue weighted by Gasteiger charge is 2.33. The molecule has 0 fully saturated rings. The third kappa shape index (κ3) is 4.35. The van der Waals surface area contributed by atoms with Gasteiger partial charge in [0.15, 0.2) is 5.69 Å². The topological polar surface area (TPSA) is 65.4 Å². The summed E-state index contributed by atoms with van der Waals surface area (Å²) >= 11 is 0. The van der Waals surface area contributed by atoms with E-state index < -0.39 is 11.9 Å². The van der Waals surface area contributed by atoms with Crippen LogP contribution >= 0.6 is 0 Å². The average Bonchev–Trinajstić information content (AvgIpc) is 3.34. The van der Waals surface area contributed by atoms with E-state index in [1.54, 1.807) is 6.07 Å². The molecule has 6 nitrogen and oxygen atoms in total. The highest BCUT2D eigenvalue weighted by Crippen LogP contribution is 2.38. The maximum atomic E-state index is 12.7. The molecular formula is C22H20F3N3O3. The molecule has 0 spiro atoms. The van der Waals surface area contributed by atoms with E-state index in [4.69, 9.17) is 9.47 Å². The van der Waals surface area contributed by atoms with Crippen LogP contribution < -0.4 is 14.8 Å². The van der Waals surface area contributed by atoms with Gasteiger partial charge in [-0.1, -0.05) is 0 Å². The first-order chi connectivity index (χ1) is 14.7. The molecule has 1 amide bonds. The second-order valence-corrected chi connectivity index (χ2v) is 7.17. The lowest BCUT2D eigenvalue weighted by atomic mass is 10.1. The van der Waals surface area contributed by atoms with Gasteiger partial charge < -0.3 is 14.8 Å². The predicted molar refractivity (Wildman–Crippen MR) is 108 cm³/mol. The van der Waals surface area contributed by atoms with E-state index in [0.717, 1.165) is 22.7 Å². The first-order valence-corrected chi connectivity index (χ1v) is 9.75. The Hall–Kier alpha value is -3.49. The third-order valence-electron chi connectivity index (χ3n) is 4.82. The molecule has 0 bridgehead atoms. The van der Waals surface area contributed by atoms with Gasteiger partial charge >= 0.3 is 6.18 Å². The van der Waals surface area contributed by atoms with E-state index in [9.17, 15) is 18.0 Å². The van der Waals surface area contributed by atoms with Crippen molar-refractivity contribution in [1.29, 1.82) is 0 Å². The van der Waals surface area contributed by atoms with Gasteiger partial charge in [0.25, 0.3) is 5.91 Å². The number of benzene rings is 2. The molecule has 1 aliphatic rings. The van der Waals surface area contributed by atoms with Crippen molar-refractivity contribution >= 4 is 11.6 Å². The van der Waals surface area contributed by atoms with Crippen molar-refractivity contribution in [2.45, 2.75) is 32.5 Å². The molecule has 1 N–H and O–H groups in total. The number of hydrogen-bond acceptors (Lipinski definition) is 4. The number of hydrogen-bond donors (Lipinski definition) is 1. The highest BCUT2D eigenvalue weighted by atomic mass is 19.4. The highest BCUT2D eigenvalue weighted by molar-refractivity contribution is 6.05. The molecule has 9 heteroatoms. The minimum absolute atomic E-state index is 0.0585. The number of amides is 1. The molecule has 3 aromatic rings. The lowest BCUT2D eigenvalue weighted by Gasteiger charge is -2.14. The number of nitrogens with zero attached hydrogens (tertiary/aromatic N) is 2. The Bertz CT molecular complexity index is 1110. The molecule has 0 saturated heterocycles. The summed E-state index contributed by atoms with van der Waals surface area (Å²) in [6.45, 7) is 4.27. The maximum Gasteiger partial charge on any atom is 0.435 e. The van der Waals surface area contributed by atoms with Crippen LogP contribution in [0.1, 0.15) is 35.5 Å². The molecule has 2 heterocycles. The van der Waals surface area contributed by atoms with Crippen LogP contribution in [0, 0.1) is 0 Å². The lowest BCUT2D eigenvalue weighted by Crippen LogP contribution is -2.13. The number of rotatable bonds is 5. The summed E-state index contributed by atoms with van der Waals surface area (Å²) in [7, 11) is 0. The van der Waals surface area contributed by atoms with Crippen LogP contribution in [0.4, 0.5) is 18.9 Å². The van der Waals surface area contributed by atoms with Crippen molar-refractivity contribution in [3.8, 4) is 17.2 Å². The van der Waals surface area contributed by atoms with Crippen LogP contribution in [0.3, 0.4) is 0 Å². The standard InChI is InChI=1S/C22H20F3N3O3/c1-3-30-19-11-15-10-13(2)31-18(15)12-17(19)26-21(29)14-4-6-16(7-5-14)28-9-8-20(27-28)22(23,24)25/h4-9,11-13H,3,10H2,1-2H3,(H,26,29). The van der Waals surface area contributed by atoms with Gasteiger partial charge in [0.1, 0.15) is 17.6 Å². The van der Waals surface area contributed by atoms with Crippen molar-refractivity contribution < 1.29 is 27.4 Å². The van der Waals surface area contributed by atoms with Crippen molar-refractivity contribution in [2.24, 2.45) is 0 Å². The summed E-state index contributed by atoms with van der Waals surface area (Å²) in [5.74, 6) is 0.885. The lowest BCUT2D eigenvalue weighted by molar-refractivity contribution is -0.141. The third-order valence-corrected chi connectivity index (χ3v) is 4.82. The van der Waals surface area contributed by atoms with Crippen LogP contribution in [0.5, 0.6) is 11.5 Å². The summed E-state index contributed by atoms with van der Waals surface area (Å²) < 4.78 is 50.8. The van der Waals surface area contributed by atoms with Crippen molar-refractivity contribution in [2.75, 3.05) is 11.9 Å². The number of fused-ring (bicyclic) bond motifs is 1. The summed E-state index contributed by atoms with van der Waals surface area (Å²) in [6.07, 6.45) is -2.46. The number of anilines is 1. The molecular weight excluding hydrogens is 411 g/mol. The molecule has 162 valence electrons. The molecule has 0 saturated carbocycles. The number of carbonyl (C=O) groups excluding carboxylic acids is 1. The van der Waals surface area contributed by atoms with Gasteiger partial charge in [-0.25, -0.2) is 4.68 Å². The molecule has 0 radical (unpaired) electrons. The molecule has 1 aliphatic heterocycles. The summed E-state index contributed by atoms with van der Waals surface area (Å²) in [4.78, 5) is 12.7. The predicted octanol–water partition coefficient (Wildman–Crippen LogP) is 4.87. The number of alkyl halides is 3. The summed E-state index contributed by atoms with van der Waals surface area (Å²) in [6, 6.07) is 10.6. The average molecular weight is 431 g/mol. The van der Waals surface area contributed by atoms with Crippen LogP contribution in [-0.2, 0) is 12.6 Å². The van der Waals surface area contributed by atoms with Crippen LogP contribution in [0.2, 0.25) is 0 Å². The van der Waals surface area contributed by atoms with Gasteiger partial charge in [-0.2, -0.15) is 18.3 Å². The molecule has 31 heavy (non-hydrogen) atoms. The van der Waals surface area contributed by atoms with Crippen LogP contribution in [0.15, 0.2) is 48.7 Å². The van der Waals surface area contributed by atoms with Gasteiger partial charge in [0.05, 0.1) is 18.0 Å². The summed E-state index contributed by atoms with van der Waals surface area (Å²) in [5.41, 5.74) is 1.28. The van der Waals surface area contributed by atoms with Crippen molar-refractivity contribution in [1.82, 2.24) is 9.78 Å². The Labute approximate surface area is 176 Å². The first-order valence-electron chi connectivity index (χ1n) is 9.75. The molecule has 0 aliphatic carbocycles. The number of ether oxygens (including phenoxy) is 2. The fourth-order valence-electron chi connectivity index (χ4n) is 3.39. The molecule has 4 rings (SSSR count). The zero-order chi connectivity index (χ0) is 22.2. The Kier molecular flexibility index (Phi) is 5.34. The van der Waals surface area contributed by atoms with E-state index in [0.29, 0.717) is 35.0 Å². The molecule has 1 aromatic heterocycles. The Balaban J connectivity index is 1.53. The Morgan fingerprint density at radius 1 is 1.26 bits per heavy atom. The number of halogens is 3. The van der Waals surface area contributed by atoms with Crippen molar-refractivity contribution in [3.63, 3.8) is 0 Å². The molecule has 1 unspecified atom stereocenters. The van der Waals surface area contributed by atoms with Gasteiger partial charge in [0.2, 0.25) is 0 Å². The zero-order valence-corrected chi connectivity index (χ0v) is 16.9. The van der Waals surface area contributed by atoms with E-state index in [1.165, 1.54) is 30.5 Å². The van der Waals surface area contributed by atoms with Gasteiger partial charge in [-0.05, 0) is 50.2 Å². The van der Waals surface area contributed by atoms with E-state index in [-0.39, 0.29) is 12.0 Å². The first kappa shape index (κ1) is 20.8. The van der Waals surface area contributed by atoms with E-state index in [1.807, 2.05) is 19.9 Å². The normalized spacial score (nSPS) is 15.3. The quantitative estimate of drug-likeness (QED) is 0.626. The monoisotopic (exact) mass is 431 g/mol. The Morgan fingerprint density at radius 2 is 2.00 bits per heavy atom. The molecule has 2 aromatic carbocycles. The van der Waals surface area contributed by atoms with E-state index >= 15 is 0 Å². The SMILES string of the molecule is CCOc1cc2c(cc1NC(=O)c1ccc(-n3ccc(C(F)(F)F)n3)cc1)OC(C)C2. The Morgan fingerprint density at radius 3 is 2.65 bits per heavy atom. The zero-order valence-electron chi connectivity index (χ0n) is 16.9. The summed E-state index contributed by atoms with van der Waals surface area (Å²) in [5, 5.41) is 6.35. The second-order valence-electron chi connectivity index (χ2n) is 7.17. The molecule has 1 atom stereocenters. The second kappa shape index (κ2) is 7.98. The number of carbonyl (C=O) groups is 1. The minimum Gasteiger partial charge on any atom is -0.492 e. The van der Waals surface area contributed by atoms with Gasteiger partial charge in [0, 0.05) is 29.8 Å². The van der Waals surface area contributed by atoms with Gasteiger partial charge in [-0.15, -0.1) is 0 Å². The smallest absolute Gasteiger partial charge is 0.435 e. The van der Waals surface area contributed by atoms with Crippen LogP contribution in [0.25, 0.3) is 5.69 Å². The number of nitrogens with one attached hydrogen (secondary N) is 1. The fourth-order valence-corrected chi connectivity index (χ4v) is 3.39. The van der Waals surface area contributed by atoms with Crippen molar-refractivity contribution in [3.05, 3.63) is 65.5 Å². The largest absolute Gasteiger partial charge is 0.492 e. The fraction of sp³-hybridized carbons (Fsp3) is 0.273. The van der Waals surface area contributed by atoms with Gasteiger partial charge in [-0.3, -0.25) is 4.79 Å². The minimum atomic E-state index is -4.51.